The fourth-order valence-electron chi connectivity index (χ4n) is 1.66. The molecule has 1 rings (SSSR count). The third-order valence-corrected chi connectivity index (χ3v) is 3.55. The lowest BCUT2D eigenvalue weighted by molar-refractivity contribution is 0.599. The average Bonchev–Trinajstić information content (AvgIpc) is 2.26. The Hall–Kier alpha value is -1.36. The van der Waals surface area contributed by atoms with E-state index >= 15 is 0 Å². The molecule has 0 bridgehead atoms. The van der Waals surface area contributed by atoms with Gasteiger partial charge in [-0.25, -0.2) is 8.42 Å². The summed E-state index contributed by atoms with van der Waals surface area (Å²) in [5.41, 5.74) is 2.65. The van der Waals surface area contributed by atoms with Crippen molar-refractivity contribution < 1.29 is 8.42 Å². The number of hydrogen-bond donors (Lipinski definition) is 2. The van der Waals surface area contributed by atoms with E-state index in [9.17, 15) is 8.42 Å². The van der Waals surface area contributed by atoms with E-state index < -0.39 is 9.84 Å². The standard InChI is InChI=1S/C13H20N2O2S/c1-11(14)10-15-13-8-4-3-6-12(13)7-5-9-18(2,16)17/h3-4,6,8,14-15H,5,7,9-10H2,1-2H3. The van der Waals surface area contributed by atoms with Crippen LogP contribution in [0, 0.1) is 5.41 Å². The van der Waals surface area contributed by atoms with Gasteiger partial charge in [-0.2, -0.15) is 0 Å². The highest BCUT2D eigenvalue weighted by atomic mass is 32.2. The quantitative estimate of drug-likeness (QED) is 0.744. The van der Waals surface area contributed by atoms with Crippen LogP contribution in [0.3, 0.4) is 0 Å². The van der Waals surface area contributed by atoms with E-state index in [0.717, 1.165) is 17.7 Å². The van der Waals surface area contributed by atoms with E-state index in [0.29, 0.717) is 18.7 Å². The number of sulfone groups is 1. The third-order valence-electron chi connectivity index (χ3n) is 2.52. The van der Waals surface area contributed by atoms with Crippen LogP contribution in [-0.2, 0) is 16.3 Å². The van der Waals surface area contributed by atoms with Crippen LogP contribution in [0.1, 0.15) is 18.9 Å². The van der Waals surface area contributed by atoms with Crippen LogP contribution >= 0.6 is 0 Å². The van der Waals surface area contributed by atoms with Crippen LogP contribution in [0.25, 0.3) is 0 Å². The molecule has 0 radical (unpaired) electrons. The highest BCUT2D eigenvalue weighted by molar-refractivity contribution is 7.90. The Kier molecular flexibility index (Phi) is 5.34. The van der Waals surface area contributed by atoms with E-state index in [1.807, 2.05) is 24.3 Å². The van der Waals surface area contributed by atoms with Crippen molar-refractivity contribution in [1.29, 1.82) is 5.41 Å². The highest BCUT2D eigenvalue weighted by Crippen LogP contribution is 2.16. The predicted molar refractivity (Wildman–Crippen MR) is 76.4 cm³/mol. The fourth-order valence-corrected chi connectivity index (χ4v) is 2.33. The molecule has 4 nitrogen and oxygen atoms in total. The fraction of sp³-hybridized carbons (Fsp3) is 0.462. The SMILES string of the molecule is CC(=N)CNc1ccccc1CCCS(C)(=O)=O. The zero-order valence-electron chi connectivity index (χ0n) is 10.9. The Bertz CT molecular complexity index is 509. The molecule has 0 saturated heterocycles. The van der Waals surface area contributed by atoms with Gasteiger partial charge < -0.3 is 10.7 Å². The molecule has 0 spiro atoms. The first-order valence-corrected chi connectivity index (χ1v) is 7.98. The van der Waals surface area contributed by atoms with Gasteiger partial charge in [0.1, 0.15) is 9.84 Å². The van der Waals surface area contributed by atoms with Crippen molar-refractivity contribution in [3.63, 3.8) is 0 Å². The van der Waals surface area contributed by atoms with E-state index in [2.05, 4.69) is 5.32 Å². The molecule has 0 aromatic heterocycles. The molecule has 1 aromatic carbocycles. The molecule has 5 heteroatoms. The molecule has 0 aliphatic rings. The van der Waals surface area contributed by atoms with Crippen molar-refractivity contribution in [2.24, 2.45) is 0 Å². The maximum Gasteiger partial charge on any atom is 0.147 e. The molecule has 0 unspecified atom stereocenters. The molecule has 0 aliphatic carbocycles. The lowest BCUT2D eigenvalue weighted by Crippen LogP contribution is -2.11. The summed E-state index contributed by atoms with van der Waals surface area (Å²) in [5.74, 6) is 0.213. The Morgan fingerprint density at radius 1 is 1.33 bits per heavy atom. The van der Waals surface area contributed by atoms with Crippen LogP contribution < -0.4 is 5.32 Å². The summed E-state index contributed by atoms with van der Waals surface area (Å²) in [6.07, 6.45) is 2.62. The van der Waals surface area contributed by atoms with Gasteiger partial charge in [0, 0.05) is 17.7 Å². The van der Waals surface area contributed by atoms with Crippen molar-refractivity contribution in [3.8, 4) is 0 Å². The van der Waals surface area contributed by atoms with Gasteiger partial charge in [0.25, 0.3) is 0 Å². The van der Waals surface area contributed by atoms with Gasteiger partial charge in [0.2, 0.25) is 0 Å². The molecule has 18 heavy (non-hydrogen) atoms. The lowest BCUT2D eigenvalue weighted by atomic mass is 10.1. The van der Waals surface area contributed by atoms with Crippen molar-refractivity contribution >= 4 is 21.2 Å². The van der Waals surface area contributed by atoms with Crippen molar-refractivity contribution in [3.05, 3.63) is 29.8 Å². The number of hydrogen-bond acceptors (Lipinski definition) is 4. The zero-order valence-corrected chi connectivity index (χ0v) is 11.7. The molecule has 0 saturated carbocycles. The van der Waals surface area contributed by atoms with Crippen molar-refractivity contribution in [2.45, 2.75) is 19.8 Å². The average molecular weight is 268 g/mol. The first-order valence-electron chi connectivity index (χ1n) is 5.92. The monoisotopic (exact) mass is 268 g/mol. The van der Waals surface area contributed by atoms with Gasteiger partial charge in [-0.3, -0.25) is 0 Å². The van der Waals surface area contributed by atoms with E-state index in [1.165, 1.54) is 6.26 Å². The molecule has 2 N–H and O–H groups in total. The molecule has 0 amide bonds. The van der Waals surface area contributed by atoms with Gasteiger partial charge in [0.15, 0.2) is 0 Å². The van der Waals surface area contributed by atoms with Gasteiger partial charge in [-0.1, -0.05) is 18.2 Å². The first kappa shape index (κ1) is 14.7. The third kappa shape index (κ3) is 5.82. The lowest BCUT2D eigenvalue weighted by Gasteiger charge is -2.11. The number of benzene rings is 1. The maximum atomic E-state index is 11.1. The van der Waals surface area contributed by atoms with Gasteiger partial charge in [0.05, 0.1) is 12.3 Å². The van der Waals surface area contributed by atoms with Crippen molar-refractivity contribution in [2.75, 3.05) is 23.9 Å². The predicted octanol–water partition coefficient (Wildman–Crippen LogP) is 2.12. The molecular formula is C13H20N2O2S. The molecule has 100 valence electrons. The molecular weight excluding hydrogens is 248 g/mol. The van der Waals surface area contributed by atoms with E-state index in [1.54, 1.807) is 6.92 Å². The number of aryl methyl sites for hydroxylation is 1. The first-order chi connectivity index (χ1) is 8.38. The second-order valence-electron chi connectivity index (χ2n) is 4.52. The summed E-state index contributed by atoms with van der Waals surface area (Å²) in [6.45, 7) is 2.27. The van der Waals surface area contributed by atoms with E-state index in [-0.39, 0.29) is 5.75 Å². The second kappa shape index (κ2) is 6.54. The molecule has 0 atom stereocenters. The minimum Gasteiger partial charge on any atom is -0.380 e. The summed E-state index contributed by atoms with van der Waals surface area (Å²) in [7, 11) is -2.89. The summed E-state index contributed by atoms with van der Waals surface area (Å²) in [6, 6.07) is 7.82. The number of nitrogens with one attached hydrogen (secondary N) is 2. The van der Waals surface area contributed by atoms with Crippen LogP contribution in [0.4, 0.5) is 5.69 Å². The Balaban J connectivity index is 2.61. The minimum absolute atomic E-state index is 0.213. The second-order valence-corrected chi connectivity index (χ2v) is 6.78. The van der Waals surface area contributed by atoms with Gasteiger partial charge in [-0.05, 0) is 31.4 Å². The zero-order chi connectivity index (χ0) is 13.6. The molecule has 1 aromatic rings. The van der Waals surface area contributed by atoms with Gasteiger partial charge in [-0.15, -0.1) is 0 Å². The molecule has 0 fully saturated rings. The maximum absolute atomic E-state index is 11.1. The summed E-state index contributed by atoms with van der Waals surface area (Å²) in [5, 5.41) is 10.6. The minimum atomic E-state index is -2.89. The van der Waals surface area contributed by atoms with Crippen LogP contribution in [0.15, 0.2) is 24.3 Å². The van der Waals surface area contributed by atoms with Gasteiger partial charge >= 0.3 is 0 Å². The van der Waals surface area contributed by atoms with Crippen LogP contribution in [0.2, 0.25) is 0 Å². The van der Waals surface area contributed by atoms with Crippen LogP contribution in [0.5, 0.6) is 0 Å². The summed E-state index contributed by atoms with van der Waals surface area (Å²) >= 11 is 0. The van der Waals surface area contributed by atoms with Crippen molar-refractivity contribution in [1.82, 2.24) is 0 Å². The Morgan fingerprint density at radius 2 is 2.00 bits per heavy atom. The topological polar surface area (TPSA) is 70.0 Å². The highest BCUT2D eigenvalue weighted by Gasteiger charge is 2.05. The van der Waals surface area contributed by atoms with Crippen LogP contribution in [-0.4, -0.2) is 32.7 Å². The van der Waals surface area contributed by atoms with E-state index in [4.69, 9.17) is 5.41 Å². The summed E-state index contributed by atoms with van der Waals surface area (Å²) < 4.78 is 22.2. The Morgan fingerprint density at radius 3 is 2.61 bits per heavy atom. The number of anilines is 1. The number of rotatable bonds is 7. The molecule has 0 aliphatic heterocycles. The largest absolute Gasteiger partial charge is 0.380 e. The smallest absolute Gasteiger partial charge is 0.147 e. The number of para-hydroxylation sites is 1. The molecule has 0 heterocycles. The summed E-state index contributed by atoms with van der Waals surface area (Å²) in [4.78, 5) is 0. The Labute approximate surface area is 109 Å². The normalized spacial score (nSPS) is 11.2.